The van der Waals surface area contributed by atoms with Crippen molar-refractivity contribution in [2.24, 2.45) is 11.8 Å². The minimum Gasteiger partial charge on any atom is -0.390 e. The van der Waals surface area contributed by atoms with E-state index in [0.717, 1.165) is 31.0 Å². The van der Waals surface area contributed by atoms with Crippen LogP contribution in [0.4, 0.5) is 0 Å². The first-order valence-electron chi connectivity index (χ1n) is 8.79. The van der Waals surface area contributed by atoms with E-state index >= 15 is 0 Å². The molecule has 1 saturated heterocycles. The summed E-state index contributed by atoms with van der Waals surface area (Å²) in [5.74, 6) is 1.79. The Balaban J connectivity index is 1.45. The normalized spacial score (nSPS) is 28.8. The Hall–Kier alpha value is -0.120. The van der Waals surface area contributed by atoms with Crippen LogP contribution in [-0.2, 0) is 0 Å². The zero-order chi connectivity index (χ0) is 14.1. The van der Waals surface area contributed by atoms with Crippen LogP contribution in [0.1, 0.15) is 52.4 Å². The van der Waals surface area contributed by atoms with E-state index < -0.39 is 0 Å². The van der Waals surface area contributed by atoms with E-state index in [4.69, 9.17) is 0 Å². The summed E-state index contributed by atoms with van der Waals surface area (Å²) in [4.78, 5) is 5.09. The summed E-state index contributed by atoms with van der Waals surface area (Å²) in [6.45, 7) is 8.87. The minimum absolute atomic E-state index is 0.162. The maximum absolute atomic E-state index is 10.5. The Morgan fingerprint density at radius 3 is 2.30 bits per heavy atom. The molecule has 2 saturated carbocycles. The quantitative estimate of drug-likeness (QED) is 0.775. The molecule has 0 aromatic rings. The van der Waals surface area contributed by atoms with Crippen LogP contribution in [0.2, 0.25) is 0 Å². The summed E-state index contributed by atoms with van der Waals surface area (Å²) >= 11 is 0. The summed E-state index contributed by atoms with van der Waals surface area (Å²) in [5.41, 5.74) is 0. The van der Waals surface area contributed by atoms with Crippen molar-refractivity contribution in [3.8, 4) is 0 Å². The monoisotopic (exact) mass is 280 g/mol. The lowest BCUT2D eigenvalue weighted by atomic mass is 9.99. The van der Waals surface area contributed by atoms with Gasteiger partial charge in [0.15, 0.2) is 0 Å². The maximum Gasteiger partial charge on any atom is 0.0794 e. The lowest BCUT2D eigenvalue weighted by molar-refractivity contribution is 0.0433. The number of piperidine rings is 1. The van der Waals surface area contributed by atoms with E-state index in [9.17, 15) is 5.11 Å². The van der Waals surface area contributed by atoms with E-state index in [1.807, 2.05) is 0 Å². The zero-order valence-electron chi connectivity index (χ0n) is 13.3. The van der Waals surface area contributed by atoms with Crippen molar-refractivity contribution >= 4 is 0 Å². The Morgan fingerprint density at radius 2 is 1.75 bits per heavy atom. The van der Waals surface area contributed by atoms with E-state index in [-0.39, 0.29) is 6.10 Å². The number of β-amino-alcohol motifs (C(OH)–C–C–N with tert-alkyl or cyclic N) is 1. The van der Waals surface area contributed by atoms with Crippen molar-refractivity contribution in [2.75, 3.05) is 26.2 Å². The van der Waals surface area contributed by atoms with Gasteiger partial charge in [-0.1, -0.05) is 6.92 Å². The van der Waals surface area contributed by atoms with Gasteiger partial charge in [-0.05, 0) is 70.4 Å². The van der Waals surface area contributed by atoms with Crippen LogP contribution >= 0.6 is 0 Å². The van der Waals surface area contributed by atoms with Crippen LogP contribution < -0.4 is 0 Å². The fraction of sp³-hybridized carbons (Fsp3) is 1.00. The summed E-state index contributed by atoms with van der Waals surface area (Å²) in [6.07, 6.45) is 7.96. The van der Waals surface area contributed by atoms with Gasteiger partial charge in [-0.2, -0.15) is 0 Å². The fourth-order valence-electron chi connectivity index (χ4n) is 3.75. The number of aliphatic hydroxyl groups is 1. The number of likely N-dealkylation sites (tertiary alicyclic amines) is 1. The molecule has 0 radical (unpaired) electrons. The van der Waals surface area contributed by atoms with Crippen LogP contribution in [0.5, 0.6) is 0 Å². The maximum atomic E-state index is 10.5. The van der Waals surface area contributed by atoms with Gasteiger partial charge in [0.25, 0.3) is 0 Å². The molecule has 1 aliphatic heterocycles. The van der Waals surface area contributed by atoms with Crippen molar-refractivity contribution in [1.82, 2.24) is 9.80 Å². The minimum atomic E-state index is -0.162. The predicted molar refractivity (Wildman–Crippen MR) is 82.8 cm³/mol. The van der Waals surface area contributed by atoms with Gasteiger partial charge in [-0.25, -0.2) is 0 Å². The molecular weight excluding hydrogens is 248 g/mol. The fourth-order valence-corrected chi connectivity index (χ4v) is 3.75. The van der Waals surface area contributed by atoms with Crippen molar-refractivity contribution in [1.29, 1.82) is 0 Å². The highest BCUT2D eigenvalue weighted by Crippen LogP contribution is 2.39. The molecule has 2 aliphatic carbocycles. The van der Waals surface area contributed by atoms with Gasteiger partial charge in [0, 0.05) is 25.2 Å². The topological polar surface area (TPSA) is 26.7 Å². The molecule has 0 spiro atoms. The van der Waals surface area contributed by atoms with Crippen LogP contribution in [-0.4, -0.2) is 59.3 Å². The molecule has 2 atom stereocenters. The Kier molecular flexibility index (Phi) is 4.68. The Labute approximate surface area is 124 Å². The summed E-state index contributed by atoms with van der Waals surface area (Å²) < 4.78 is 0. The molecular formula is C17H32N2O. The molecule has 1 heterocycles. The molecule has 0 amide bonds. The first-order valence-corrected chi connectivity index (χ1v) is 8.79. The lowest BCUT2D eigenvalue weighted by Crippen LogP contribution is -2.46. The SMILES string of the molecule is CC1CCN(CC(O)CN(C2CC2)C(C)C2CC2)CC1. The average molecular weight is 280 g/mol. The van der Waals surface area contributed by atoms with Crippen molar-refractivity contribution < 1.29 is 5.11 Å². The first kappa shape index (κ1) is 14.8. The number of rotatable bonds is 7. The van der Waals surface area contributed by atoms with Gasteiger partial charge in [0.05, 0.1) is 6.10 Å². The third-order valence-electron chi connectivity index (χ3n) is 5.61. The average Bonchev–Trinajstić information content (AvgIpc) is 3.29. The van der Waals surface area contributed by atoms with E-state index in [1.165, 1.54) is 51.6 Å². The highest BCUT2D eigenvalue weighted by molar-refractivity contribution is 4.94. The Bertz CT molecular complexity index is 306. The number of hydrogen-bond donors (Lipinski definition) is 1. The third-order valence-corrected chi connectivity index (χ3v) is 5.61. The molecule has 3 aliphatic rings. The van der Waals surface area contributed by atoms with Gasteiger partial charge >= 0.3 is 0 Å². The molecule has 1 N–H and O–H groups in total. The summed E-state index contributed by atoms with van der Waals surface area (Å²) in [6, 6.07) is 1.47. The lowest BCUT2D eigenvalue weighted by Gasteiger charge is -2.35. The largest absolute Gasteiger partial charge is 0.390 e. The first-order chi connectivity index (χ1) is 9.63. The molecule has 0 bridgehead atoms. The molecule has 3 heteroatoms. The van der Waals surface area contributed by atoms with Gasteiger partial charge in [0.2, 0.25) is 0 Å². The van der Waals surface area contributed by atoms with Crippen LogP contribution in [0.15, 0.2) is 0 Å². The molecule has 0 aromatic carbocycles. The van der Waals surface area contributed by atoms with E-state index in [0.29, 0.717) is 6.04 Å². The molecule has 3 rings (SSSR count). The van der Waals surface area contributed by atoms with Crippen LogP contribution in [0.3, 0.4) is 0 Å². The molecule has 20 heavy (non-hydrogen) atoms. The summed E-state index contributed by atoms with van der Waals surface area (Å²) in [5, 5.41) is 10.5. The highest BCUT2D eigenvalue weighted by atomic mass is 16.3. The smallest absolute Gasteiger partial charge is 0.0794 e. The van der Waals surface area contributed by atoms with Gasteiger partial charge < -0.3 is 10.0 Å². The predicted octanol–water partition coefficient (Wildman–Crippen LogP) is 2.34. The van der Waals surface area contributed by atoms with Crippen molar-refractivity contribution in [3.63, 3.8) is 0 Å². The second kappa shape index (κ2) is 6.33. The number of aliphatic hydroxyl groups excluding tert-OH is 1. The standard InChI is InChI=1S/C17H32N2O/c1-13-7-9-18(10-8-13)11-17(20)12-19(16-5-6-16)14(2)15-3-4-15/h13-17,20H,3-12H2,1-2H3. The highest BCUT2D eigenvalue weighted by Gasteiger charge is 2.39. The summed E-state index contributed by atoms with van der Waals surface area (Å²) in [7, 11) is 0. The van der Waals surface area contributed by atoms with Crippen LogP contribution in [0.25, 0.3) is 0 Å². The van der Waals surface area contributed by atoms with Gasteiger partial charge in [0.1, 0.15) is 0 Å². The third kappa shape index (κ3) is 3.96. The second-order valence-corrected chi connectivity index (χ2v) is 7.64. The van der Waals surface area contributed by atoms with Crippen molar-refractivity contribution in [3.05, 3.63) is 0 Å². The molecule has 116 valence electrons. The molecule has 3 fully saturated rings. The van der Waals surface area contributed by atoms with E-state index in [1.54, 1.807) is 0 Å². The number of nitrogens with zero attached hydrogens (tertiary/aromatic N) is 2. The zero-order valence-corrected chi connectivity index (χ0v) is 13.3. The number of hydrogen-bond acceptors (Lipinski definition) is 3. The van der Waals surface area contributed by atoms with Crippen molar-refractivity contribution in [2.45, 2.75) is 70.6 Å². The molecule has 2 unspecified atom stereocenters. The van der Waals surface area contributed by atoms with E-state index in [2.05, 4.69) is 23.6 Å². The van der Waals surface area contributed by atoms with Crippen LogP contribution in [0, 0.1) is 11.8 Å². The van der Waals surface area contributed by atoms with Gasteiger partial charge in [-0.3, -0.25) is 4.90 Å². The second-order valence-electron chi connectivity index (χ2n) is 7.64. The van der Waals surface area contributed by atoms with Gasteiger partial charge in [-0.15, -0.1) is 0 Å². The Morgan fingerprint density at radius 1 is 1.10 bits per heavy atom. The molecule has 0 aromatic heterocycles. The molecule has 3 nitrogen and oxygen atoms in total.